The van der Waals surface area contributed by atoms with Crippen LogP contribution in [0.15, 0.2) is 0 Å². The second-order valence-electron chi connectivity index (χ2n) is 15.1. The number of urea groups is 2. The molecular formula is C33H66N6O2. The van der Waals surface area contributed by atoms with Gasteiger partial charge in [0.1, 0.15) is 0 Å². The lowest BCUT2D eigenvalue weighted by Crippen LogP contribution is -2.65. The first-order chi connectivity index (χ1) is 18.8. The van der Waals surface area contributed by atoms with Crippen LogP contribution in [-0.4, -0.2) is 129 Å². The summed E-state index contributed by atoms with van der Waals surface area (Å²) in [5.41, 5.74) is -0.0387. The standard InChI is InChI=1S/C33H66N6O2/c1-15-36(16-2)28(40)38(26-22-30(5,6)34(13)31(7,8)23-26)20-19-21-39(29(41)37(17-3)18-4)27-24-32(9,10)35(14)33(11,12)25-27/h26-27H,15-25H2,1-14H3. The maximum atomic E-state index is 14.0. The Morgan fingerprint density at radius 2 is 0.805 bits per heavy atom. The lowest BCUT2D eigenvalue weighted by Gasteiger charge is -2.56. The van der Waals surface area contributed by atoms with Gasteiger partial charge in [-0.3, -0.25) is 9.80 Å². The molecule has 0 unspecified atom stereocenters. The second-order valence-corrected chi connectivity index (χ2v) is 15.1. The number of rotatable bonds is 10. The van der Waals surface area contributed by atoms with E-state index >= 15 is 0 Å². The molecule has 0 N–H and O–H groups in total. The van der Waals surface area contributed by atoms with E-state index in [0.717, 1.165) is 32.1 Å². The molecule has 2 heterocycles. The van der Waals surface area contributed by atoms with Gasteiger partial charge in [-0.1, -0.05) is 0 Å². The van der Waals surface area contributed by atoms with Crippen LogP contribution in [-0.2, 0) is 0 Å². The molecule has 0 aromatic carbocycles. The first-order valence-electron chi connectivity index (χ1n) is 16.4. The highest BCUT2D eigenvalue weighted by molar-refractivity contribution is 5.75. The van der Waals surface area contributed by atoms with Crippen LogP contribution in [0.1, 0.15) is 115 Å². The Kier molecular flexibility index (Phi) is 11.7. The predicted octanol–water partition coefficient (Wildman–Crippen LogP) is 6.21. The van der Waals surface area contributed by atoms with Crippen LogP contribution >= 0.6 is 0 Å². The van der Waals surface area contributed by atoms with Crippen molar-refractivity contribution in [3.8, 4) is 0 Å². The van der Waals surface area contributed by atoms with Crippen LogP contribution in [0, 0.1) is 0 Å². The molecule has 8 heteroatoms. The SMILES string of the molecule is CCN(CC)C(=O)N(CCCN(C(=O)N(CC)CC)C1CC(C)(C)N(C)C(C)(C)C1)C1CC(C)(C)N(C)C(C)(C)C1. The van der Waals surface area contributed by atoms with Crippen molar-refractivity contribution >= 4 is 12.1 Å². The van der Waals surface area contributed by atoms with Crippen molar-refractivity contribution in [3.63, 3.8) is 0 Å². The summed E-state index contributed by atoms with van der Waals surface area (Å²) in [6.07, 6.45) is 4.55. The zero-order valence-corrected chi connectivity index (χ0v) is 29.4. The maximum absolute atomic E-state index is 14.0. The largest absolute Gasteiger partial charge is 0.325 e. The molecule has 240 valence electrons. The molecule has 2 aliphatic heterocycles. The molecule has 0 saturated carbocycles. The lowest BCUT2D eigenvalue weighted by molar-refractivity contribution is -0.0451. The van der Waals surface area contributed by atoms with Crippen LogP contribution < -0.4 is 0 Å². The Balaban J connectivity index is 2.37. The minimum Gasteiger partial charge on any atom is -0.325 e. The number of likely N-dealkylation sites (tertiary alicyclic amines) is 2. The molecule has 2 rings (SSSR count). The number of amides is 4. The van der Waals surface area contributed by atoms with E-state index in [2.05, 4.69) is 117 Å². The van der Waals surface area contributed by atoms with Gasteiger partial charge >= 0.3 is 12.1 Å². The fraction of sp³-hybridized carbons (Fsp3) is 0.939. The monoisotopic (exact) mass is 579 g/mol. The van der Waals surface area contributed by atoms with E-state index in [1.54, 1.807) is 0 Å². The third kappa shape index (κ3) is 7.90. The molecule has 2 saturated heterocycles. The number of carbonyl (C=O) groups is 2. The Bertz CT molecular complexity index is 771. The molecule has 0 aliphatic carbocycles. The van der Waals surface area contributed by atoms with Gasteiger partial charge in [0.15, 0.2) is 0 Å². The summed E-state index contributed by atoms with van der Waals surface area (Å²) in [5.74, 6) is 0. The highest BCUT2D eigenvalue weighted by atomic mass is 16.2. The minimum absolute atomic E-state index is 0.00967. The van der Waals surface area contributed by atoms with E-state index in [1.165, 1.54) is 0 Å². The van der Waals surface area contributed by atoms with Crippen molar-refractivity contribution in [2.45, 2.75) is 149 Å². The third-order valence-corrected chi connectivity index (χ3v) is 10.8. The summed E-state index contributed by atoms with van der Waals surface area (Å²) in [6, 6.07) is 0.605. The van der Waals surface area contributed by atoms with Gasteiger partial charge < -0.3 is 19.6 Å². The summed E-state index contributed by atoms with van der Waals surface area (Å²) in [5, 5.41) is 0. The third-order valence-electron chi connectivity index (χ3n) is 10.8. The molecule has 2 fully saturated rings. The van der Waals surface area contributed by atoms with Crippen LogP contribution in [0.2, 0.25) is 0 Å². The Labute approximate surface area is 253 Å². The zero-order valence-electron chi connectivity index (χ0n) is 29.4. The molecule has 2 aliphatic rings. The first-order valence-corrected chi connectivity index (χ1v) is 16.4. The summed E-state index contributed by atoms with van der Waals surface area (Å²) in [4.78, 5) is 41.1. The van der Waals surface area contributed by atoms with E-state index in [-0.39, 0.29) is 46.3 Å². The summed E-state index contributed by atoms with van der Waals surface area (Å²) >= 11 is 0. The quantitative estimate of drug-likeness (QED) is 0.309. The highest BCUT2D eigenvalue weighted by Gasteiger charge is 2.47. The van der Waals surface area contributed by atoms with Crippen molar-refractivity contribution < 1.29 is 9.59 Å². The number of hydrogen-bond donors (Lipinski definition) is 0. The average molecular weight is 579 g/mol. The summed E-state index contributed by atoms with van der Waals surface area (Å²) in [6.45, 7) is 30.8. The van der Waals surface area contributed by atoms with Gasteiger partial charge in [0.25, 0.3) is 0 Å². The fourth-order valence-corrected chi connectivity index (χ4v) is 7.71. The van der Waals surface area contributed by atoms with Crippen molar-refractivity contribution in [1.82, 2.24) is 29.4 Å². The van der Waals surface area contributed by atoms with Gasteiger partial charge in [-0.25, -0.2) is 9.59 Å². The number of hydrogen-bond acceptors (Lipinski definition) is 4. The van der Waals surface area contributed by atoms with Crippen LogP contribution in [0.3, 0.4) is 0 Å². The Hall–Kier alpha value is -1.54. The Morgan fingerprint density at radius 3 is 1.02 bits per heavy atom. The van der Waals surface area contributed by atoms with Crippen LogP contribution in [0.25, 0.3) is 0 Å². The van der Waals surface area contributed by atoms with Crippen molar-refractivity contribution in [3.05, 3.63) is 0 Å². The molecule has 41 heavy (non-hydrogen) atoms. The maximum Gasteiger partial charge on any atom is 0.320 e. The average Bonchev–Trinajstić information content (AvgIpc) is 2.86. The normalized spacial score (nSPS) is 22.8. The molecule has 0 spiro atoms. The topological polar surface area (TPSA) is 53.6 Å². The molecular weight excluding hydrogens is 512 g/mol. The first kappa shape index (κ1) is 35.7. The minimum atomic E-state index is -0.00967. The zero-order chi connectivity index (χ0) is 31.6. The van der Waals surface area contributed by atoms with Gasteiger partial charge in [0.2, 0.25) is 0 Å². The molecule has 0 aromatic rings. The van der Waals surface area contributed by atoms with Crippen molar-refractivity contribution in [2.75, 3.05) is 53.4 Å². The van der Waals surface area contributed by atoms with Gasteiger partial charge in [0, 0.05) is 73.5 Å². The second kappa shape index (κ2) is 13.4. The molecule has 0 bridgehead atoms. The fourth-order valence-electron chi connectivity index (χ4n) is 7.71. The van der Waals surface area contributed by atoms with Crippen LogP contribution in [0.5, 0.6) is 0 Å². The molecule has 0 atom stereocenters. The summed E-state index contributed by atoms with van der Waals surface area (Å²) in [7, 11) is 4.43. The van der Waals surface area contributed by atoms with Crippen molar-refractivity contribution in [2.24, 2.45) is 0 Å². The molecule has 4 amide bonds. The van der Waals surface area contributed by atoms with E-state index in [4.69, 9.17) is 0 Å². The van der Waals surface area contributed by atoms with Crippen molar-refractivity contribution in [1.29, 1.82) is 0 Å². The van der Waals surface area contributed by atoms with Gasteiger partial charge in [0.05, 0.1) is 0 Å². The molecule has 8 nitrogen and oxygen atoms in total. The van der Waals surface area contributed by atoms with Gasteiger partial charge in [-0.05, 0) is 129 Å². The highest BCUT2D eigenvalue weighted by Crippen LogP contribution is 2.41. The van der Waals surface area contributed by atoms with Crippen LogP contribution in [0.4, 0.5) is 9.59 Å². The smallest absolute Gasteiger partial charge is 0.320 e. The number of nitrogens with zero attached hydrogens (tertiary/aromatic N) is 6. The molecule has 0 radical (unpaired) electrons. The van der Waals surface area contributed by atoms with E-state index in [9.17, 15) is 9.59 Å². The van der Waals surface area contributed by atoms with E-state index in [0.29, 0.717) is 39.3 Å². The summed E-state index contributed by atoms with van der Waals surface area (Å²) < 4.78 is 0. The van der Waals surface area contributed by atoms with E-state index < -0.39 is 0 Å². The van der Waals surface area contributed by atoms with Gasteiger partial charge in [-0.2, -0.15) is 0 Å². The van der Waals surface area contributed by atoms with E-state index in [1.807, 2.05) is 9.80 Å². The number of carbonyl (C=O) groups excluding carboxylic acids is 2. The predicted molar refractivity (Wildman–Crippen MR) is 173 cm³/mol. The molecule has 0 aromatic heterocycles. The number of piperidine rings is 2. The lowest BCUT2D eigenvalue weighted by atomic mass is 9.76. The Morgan fingerprint density at radius 1 is 0.561 bits per heavy atom. The van der Waals surface area contributed by atoms with Gasteiger partial charge in [-0.15, -0.1) is 0 Å².